The largest absolute Gasteiger partial charge is 0.314 e. The lowest BCUT2D eigenvalue weighted by Crippen LogP contribution is -2.13. The number of fused-ring (bicyclic) bond motifs is 1. The zero-order valence-electron chi connectivity index (χ0n) is 8.29. The third kappa shape index (κ3) is 2.23. The zero-order chi connectivity index (χ0) is 10.1. The van der Waals surface area contributed by atoms with E-state index in [1.54, 1.807) is 10.6 Å². The van der Waals surface area contributed by atoms with Gasteiger partial charge in [-0.2, -0.15) is 0 Å². The Morgan fingerprint density at radius 3 is 2.87 bits per heavy atom. The highest BCUT2D eigenvalue weighted by atomic mass is 127. The fraction of sp³-hybridized carbons (Fsp3) is 0.300. The maximum absolute atomic E-state index is 13.5. The van der Waals surface area contributed by atoms with Gasteiger partial charge in [-0.05, 0) is 18.6 Å². The van der Waals surface area contributed by atoms with E-state index in [0.717, 1.165) is 11.1 Å². The first-order valence-corrected chi connectivity index (χ1v) is 5.38. The quantitative estimate of drug-likeness (QED) is 0.814. The molecule has 5 heteroatoms. The monoisotopic (exact) mass is 338 g/mol. The van der Waals surface area contributed by atoms with Crippen molar-refractivity contribution < 1.29 is 4.39 Å². The molecule has 0 atom stereocenters. The number of halogens is 2. The van der Waals surface area contributed by atoms with Crippen LogP contribution in [0.2, 0.25) is 0 Å². The minimum atomic E-state index is -0.231. The van der Waals surface area contributed by atoms with E-state index in [0.29, 0.717) is 16.9 Å². The van der Waals surface area contributed by atoms with Gasteiger partial charge in [-0.1, -0.05) is 24.3 Å². The Balaban J connectivity index is 0.00000112. The van der Waals surface area contributed by atoms with Gasteiger partial charge in [0.1, 0.15) is 5.82 Å². The number of aryl methyl sites for hydroxylation is 1. The van der Waals surface area contributed by atoms with Gasteiger partial charge in [-0.25, -0.2) is 4.39 Å². The molecule has 2 nitrogen and oxygen atoms in total. The van der Waals surface area contributed by atoms with Gasteiger partial charge in [0.15, 0.2) is 4.80 Å². The number of hydrogen-bond donors (Lipinski definition) is 1. The molecule has 0 unspecified atom stereocenters. The Hall–Kier alpha value is -0.430. The van der Waals surface area contributed by atoms with Crippen molar-refractivity contribution in [3.05, 3.63) is 28.8 Å². The van der Waals surface area contributed by atoms with E-state index in [-0.39, 0.29) is 29.8 Å². The summed E-state index contributed by atoms with van der Waals surface area (Å²) < 4.78 is 16.1. The summed E-state index contributed by atoms with van der Waals surface area (Å²) in [5.41, 5.74) is 0.573. The molecule has 0 aliphatic rings. The summed E-state index contributed by atoms with van der Waals surface area (Å²) in [4.78, 5) is 0.423. The molecule has 1 aromatic heterocycles. The Morgan fingerprint density at radius 1 is 1.47 bits per heavy atom. The number of thiazole rings is 1. The molecule has 1 N–H and O–H groups in total. The number of aromatic nitrogens is 1. The lowest BCUT2D eigenvalue weighted by Gasteiger charge is -2.01. The standard InChI is InChI=1S/C10H11FN2S.HI/c1-2-6-13-9-7(11)4-3-5-8(9)14-10(13)12;/h3-5,12H,2,6H2,1H3;1H. The minimum Gasteiger partial charge on any atom is -0.314 e. The molecule has 0 bridgehead atoms. The van der Waals surface area contributed by atoms with Crippen LogP contribution in [0.1, 0.15) is 13.3 Å². The Bertz CT molecular complexity index is 518. The van der Waals surface area contributed by atoms with Crippen LogP contribution in [0.3, 0.4) is 0 Å². The molecule has 0 radical (unpaired) electrons. The maximum Gasteiger partial charge on any atom is 0.182 e. The van der Waals surface area contributed by atoms with Crippen LogP contribution in [0.4, 0.5) is 4.39 Å². The van der Waals surface area contributed by atoms with Gasteiger partial charge in [-0.3, -0.25) is 5.41 Å². The second-order valence-corrected chi connectivity index (χ2v) is 4.18. The molecule has 1 aromatic carbocycles. The zero-order valence-corrected chi connectivity index (χ0v) is 11.4. The molecule has 0 spiro atoms. The molecular formula is C10H12FIN2S. The first-order valence-electron chi connectivity index (χ1n) is 4.56. The normalized spacial score (nSPS) is 10.3. The molecule has 0 aliphatic carbocycles. The van der Waals surface area contributed by atoms with E-state index in [2.05, 4.69) is 0 Å². The summed E-state index contributed by atoms with van der Waals surface area (Å²) in [5.74, 6) is -0.231. The molecule has 82 valence electrons. The minimum absolute atomic E-state index is 0. The third-order valence-corrected chi connectivity index (χ3v) is 3.08. The summed E-state index contributed by atoms with van der Waals surface area (Å²) in [6.45, 7) is 2.73. The van der Waals surface area contributed by atoms with Gasteiger partial charge >= 0.3 is 0 Å². The topological polar surface area (TPSA) is 28.8 Å². The first kappa shape index (κ1) is 12.6. The second kappa shape index (κ2) is 5.07. The summed E-state index contributed by atoms with van der Waals surface area (Å²) in [7, 11) is 0. The van der Waals surface area contributed by atoms with Crippen LogP contribution < -0.4 is 4.80 Å². The van der Waals surface area contributed by atoms with Gasteiger partial charge in [0, 0.05) is 6.54 Å². The van der Waals surface area contributed by atoms with E-state index in [1.165, 1.54) is 17.4 Å². The molecule has 0 saturated heterocycles. The van der Waals surface area contributed by atoms with Crippen LogP contribution in [-0.2, 0) is 6.54 Å². The van der Waals surface area contributed by atoms with E-state index in [9.17, 15) is 4.39 Å². The number of hydrogen-bond acceptors (Lipinski definition) is 2. The van der Waals surface area contributed by atoms with Gasteiger partial charge in [0.25, 0.3) is 0 Å². The fourth-order valence-corrected chi connectivity index (χ4v) is 2.49. The van der Waals surface area contributed by atoms with E-state index < -0.39 is 0 Å². The van der Waals surface area contributed by atoms with Crippen LogP contribution in [0.5, 0.6) is 0 Å². The van der Waals surface area contributed by atoms with Crippen molar-refractivity contribution >= 4 is 45.5 Å². The van der Waals surface area contributed by atoms with Crippen molar-refractivity contribution in [3.63, 3.8) is 0 Å². The number of nitrogens with zero attached hydrogens (tertiary/aromatic N) is 1. The predicted octanol–water partition coefficient (Wildman–Crippen LogP) is 3.35. The van der Waals surface area contributed by atoms with Crippen molar-refractivity contribution in [2.45, 2.75) is 19.9 Å². The van der Waals surface area contributed by atoms with Gasteiger partial charge < -0.3 is 4.57 Å². The molecule has 2 rings (SSSR count). The van der Waals surface area contributed by atoms with Crippen molar-refractivity contribution in [2.24, 2.45) is 0 Å². The number of para-hydroxylation sites is 1. The van der Waals surface area contributed by atoms with E-state index >= 15 is 0 Å². The Morgan fingerprint density at radius 2 is 2.20 bits per heavy atom. The molecule has 0 aliphatic heterocycles. The summed E-state index contributed by atoms with van der Waals surface area (Å²) >= 11 is 1.32. The molecule has 2 aromatic rings. The van der Waals surface area contributed by atoms with E-state index in [4.69, 9.17) is 5.41 Å². The van der Waals surface area contributed by atoms with Crippen LogP contribution >= 0.6 is 35.3 Å². The molecule has 15 heavy (non-hydrogen) atoms. The van der Waals surface area contributed by atoms with Crippen LogP contribution in [0, 0.1) is 11.2 Å². The first-order chi connectivity index (χ1) is 6.74. The molecular weight excluding hydrogens is 326 g/mol. The van der Waals surface area contributed by atoms with E-state index in [1.807, 2.05) is 13.0 Å². The lowest BCUT2D eigenvalue weighted by molar-refractivity contribution is 0.611. The Labute approximate surface area is 108 Å². The average Bonchev–Trinajstić information content (AvgIpc) is 2.45. The highest BCUT2D eigenvalue weighted by molar-refractivity contribution is 14.0. The second-order valence-electron chi connectivity index (χ2n) is 3.15. The van der Waals surface area contributed by atoms with Crippen molar-refractivity contribution in [1.29, 1.82) is 5.41 Å². The third-order valence-electron chi connectivity index (χ3n) is 2.12. The number of benzene rings is 1. The lowest BCUT2D eigenvalue weighted by atomic mass is 10.3. The smallest absolute Gasteiger partial charge is 0.182 e. The maximum atomic E-state index is 13.5. The fourth-order valence-electron chi connectivity index (χ4n) is 1.54. The average molecular weight is 338 g/mol. The molecule has 0 amide bonds. The van der Waals surface area contributed by atoms with Crippen molar-refractivity contribution in [1.82, 2.24) is 4.57 Å². The summed E-state index contributed by atoms with van der Waals surface area (Å²) in [6, 6.07) is 4.98. The SMILES string of the molecule is CCCn1c(=N)sc2cccc(F)c21.I. The van der Waals surface area contributed by atoms with Crippen LogP contribution in [0.25, 0.3) is 10.2 Å². The van der Waals surface area contributed by atoms with Crippen LogP contribution in [-0.4, -0.2) is 4.57 Å². The molecule has 0 saturated carbocycles. The Kier molecular flexibility index (Phi) is 4.27. The summed E-state index contributed by atoms with van der Waals surface area (Å²) in [6.07, 6.45) is 0.913. The van der Waals surface area contributed by atoms with Crippen molar-refractivity contribution in [3.8, 4) is 0 Å². The number of nitrogens with one attached hydrogen (secondary N) is 1. The van der Waals surface area contributed by atoms with Gasteiger partial charge in [0.2, 0.25) is 0 Å². The van der Waals surface area contributed by atoms with Gasteiger partial charge in [0.05, 0.1) is 10.2 Å². The molecule has 0 fully saturated rings. The van der Waals surface area contributed by atoms with Crippen molar-refractivity contribution in [2.75, 3.05) is 0 Å². The van der Waals surface area contributed by atoms with Crippen LogP contribution in [0.15, 0.2) is 18.2 Å². The van der Waals surface area contributed by atoms with Gasteiger partial charge in [-0.15, -0.1) is 24.0 Å². The highest BCUT2D eigenvalue weighted by Crippen LogP contribution is 2.20. The summed E-state index contributed by atoms with van der Waals surface area (Å²) in [5, 5.41) is 7.71. The molecule has 1 heterocycles. The highest BCUT2D eigenvalue weighted by Gasteiger charge is 2.08. The predicted molar refractivity (Wildman–Crippen MR) is 71.3 cm³/mol. The number of rotatable bonds is 2.